The first-order chi connectivity index (χ1) is 10.1. The van der Waals surface area contributed by atoms with Gasteiger partial charge < -0.3 is 9.73 Å². The number of nitrogens with one attached hydrogen (secondary N) is 1. The second-order valence-electron chi connectivity index (χ2n) is 6.86. The molecular weight excluding hydrogens is 260 g/mol. The Morgan fingerprint density at radius 3 is 2.48 bits per heavy atom. The zero-order chi connectivity index (χ0) is 15.1. The first-order valence-electron chi connectivity index (χ1n) is 8.66. The van der Waals surface area contributed by atoms with Crippen molar-refractivity contribution in [2.24, 2.45) is 5.92 Å². The van der Waals surface area contributed by atoms with Crippen LogP contribution in [0.4, 0.5) is 0 Å². The van der Waals surface area contributed by atoms with E-state index >= 15 is 0 Å². The molecule has 1 aliphatic rings. The minimum absolute atomic E-state index is 0.692. The van der Waals surface area contributed by atoms with Crippen LogP contribution in [0.1, 0.15) is 63.0 Å². The number of rotatable bonds is 6. The third kappa shape index (κ3) is 5.84. The maximum absolute atomic E-state index is 5.97. The Bertz CT molecular complexity index is 403. The Morgan fingerprint density at radius 1 is 1.14 bits per heavy atom. The van der Waals surface area contributed by atoms with Crippen LogP contribution in [0, 0.1) is 12.8 Å². The number of hydrogen-bond donors (Lipinski definition) is 1. The van der Waals surface area contributed by atoms with Crippen LogP contribution in [0.3, 0.4) is 0 Å². The van der Waals surface area contributed by atoms with E-state index in [0.29, 0.717) is 5.92 Å². The zero-order valence-corrected chi connectivity index (χ0v) is 14.1. The minimum atomic E-state index is 0.692. The number of hydrogen-bond acceptors (Lipinski definition) is 3. The molecule has 2 rings (SSSR count). The Morgan fingerprint density at radius 2 is 1.81 bits per heavy atom. The van der Waals surface area contributed by atoms with E-state index in [2.05, 4.69) is 37.1 Å². The highest BCUT2D eigenvalue weighted by atomic mass is 16.3. The predicted octanol–water partition coefficient (Wildman–Crippen LogP) is 4.10. The van der Waals surface area contributed by atoms with E-state index in [1.807, 2.05) is 0 Å². The number of furan rings is 1. The van der Waals surface area contributed by atoms with Crippen molar-refractivity contribution in [1.82, 2.24) is 10.2 Å². The van der Waals surface area contributed by atoms with Gasteiger partial charge in [0.25, 0.3) is 0 Å². The first kappa shape index (κ1) is 16.6. The Labute approximate surface area is 130 Å². The van der Waals surface area contributed by atoms with Gasteiger partial charge in [-0.25, -0.2) is 0 Å². The van der Waals surface area contributed by atoms with E-state index in [9.17, 15) is 0 Å². The molecule has 1 fully saturated rings. The molecule has 0 aliphatic carbocycles. The average Bonchev–Trinajstić information content (AvgIpc) is 2.73. The predicted molar refractivity (Wildman–Crippen MR) is 88.4 cm³/mol. The molecule has 0 amide bonds. The van der Waals surface area contributed by atoms with Crippen LogP contribution in [0.5, 0.6) is 0 Å². The number of nitrogens with zero attached hydrogens (tertiary/aromatic N) is 1. The second kappa shape index (κ2) is 8.60. The third-order valence-corrected chi connectivity index (χ3v) is 4.27. The lowest BCUT2D eigenvalue weighted by Gasteiger charge is -2.23. The topological polar surface area (TPSA) is 28.4 Å². The summed E-state index contributed by atoms with van der Waals surface area (Å²) in [7, 11) is 0. The first-order valence-corrected chi connectivity index (χ1v) is 8.66. The normalized spacial score (nSPS) is 17.9. The van der Waals surface area contributed by atoms with Crippen molar-refractivity contribution < 1.29 is 4.42 Å². The summed E-state index contributed by atoms with van der Waals surface area (Å²) < 4.78 is 5.97. The molecule has 1 aromatic heterocycles. The average molecular weight is 292 g/mol. The molecule has 21 heavy (non-hydrogen) atoms. The summed E-state index contributed by atoms with van der Waals surface area (Å²) in [5.41, 5.74) is 1.32. The fraction of sp³-hybridized carbons (Fsp3) is 0.778. The summed E-state index contributed by atoms with van der Waals surface area (Å²) in [4.78, 5) is 2.56. The molecule has 0 spiro atoms. The number of likely N-dealkylation sites (tertiary alicyclic amines) is 1. The molecule has 120 valence electrons. The molecule has 1 saturated heterocycles. The van der Waals surface area contributed by atoms with Crippen LogP contribution in [0.2, 0.25) is 0 Å². The lowest BCUT2D eigenvalue weighted by Crippen LogP contribution is -2.26. The van der Waals surface area contributed by atoms with E-state index in [0.717, 1.165) is 31.2 Å². The van der Waals surface area contributed by atoms with E-state index in [1.54, 1.807) is 0 Å². The molecule has 0 bridgehead atoms. The second-order valence-corrected chi connectivity index (χ2v) is 6.86. The minimum Gasteiger partial charge on any atom is -0.465 e. The molecule has 0 unspecified atom stereocenters. The molecule has 0 saturated carbocycles. The van der Waals surface area contributed by atoms with Gasteiger partial charge in [0.05, 0.1) is 6.54 Å². The van der Waals surface area contributed by atoms with Gasteiger partial charge >= 0.3 is 0 Å². The highest BCUT2D eigenvalue weighted by Crippen LogP contribution is 2.18. The number of aryl methyl sites for hydroxylation is 1. The lowest BCUT2D eigenvalue weighted by atomic mass is 10.1. The SMILES string of the molecule is Cc1oc(CN2CCCCCCC2)cc1CNCC(C)C. The quantitative estimate of drug-likeness (QED) is 0.855. The molecule has 0 aromatic carbocycles. The molecule has 1 N–H and O–H groups in total. The van der Waals surface area contributed by atoms with Crippen molar-refractivity contribution in [3.63, 3.8) is 0 Å². The molecule has 0 radical (unpaired) electrons. The molecule has 0 atom stereocenters. The molecule has 2 heterocycles. The fourth-order valence-electron chi connectivity index (χ4n) is 3.03. The van der Waals surface area contributed by atoms with Crippen molar-refractivity contribution in [2.45, 2.75) is 66.0 Å². The van der Waals surface area contributed by atoms with Gasteiger partial charge in [0.1, 0.15) is 11.5 Å². The highest BCUT2D eigenvalue weighted by molar-refractivity contribution is 5.20. The van der Waals surface area contributed by atoms with Crippen molar-refractivity contribution in [3.05, 3.63) is 23.2 Å². The van der Waals surface area contributed by atoms with Crippen LogP contribution < -0.4 is 5.32 Å². The summed E-state index contributed by atoms with van der Waals surface area (Å²) in [5, 5.41) is 3.50. The van der Waals surface area contributed by atoms with Crippen LogP contribution in [-0.4, -0.2) is 24.5 Å². The molecular formula is C18H32N2O. The van der Waals surface area contributed by atoms with Gasteiger partial charge in [0.2, 0.25) is 0 Å². The van der Waals surface area contributed by atoms with E-state index in [1.165, 1.54) is 50.8 Å². The molecule has 3 nitrogen and oxygen atoms in total. The van der Waals surface area contributed by atoms with Gasteiger partial charge in [-0.2, -0.15) is 0 Å². The fourth-order valence-corrected chi connectivity index (χ4v) is 3.03. The van der Waals surface area contributed by atoms with Crippen LogP contribution in [0.15, 0.2) is 10.5 Å². The Kier molecular flexibility index (Phi) is 6.78. The standard InChI is InChI=1S/C18H32N2O/c1-15(2)12-19-13-17-11-18(21-16(17)3)14-20-9-7-5-4-6-8-10-20/h11,15,19H,4-10,12-14H2,1-3H3. The Balaban J connectivity index is 1.85. The molecule has 1 aliphatic heterocycles. The third-order valence-electron chi connectivity index (χ3n) is 4.27. The van der Waals surface area contributed by atoms with Crippen LogP contribution in [0.25, 0.3) is 0 Å². The van der Waals surface area contributed by atoms with Crippen molar-refractivity contribution in [2.75, 3.05) is 19.6 Å². The van der Waals surface area contributed by atoms with Gasteiger partial charge in [-0.05, 0) is 51.4 Å². The summed E-state index contributed by atoms with van der Waals surface area (Å²) in [6.45, 7) is 12.0. The zero-order valence-electron chi connectivity index (χ0n) is 14.1. The van der Waals surface area contributed by atoms with Crippen LogP contribution in [-0.2, 0) is 13.1 Å². The summed E-state index contributed by atoms with van der Waals surface area (Å²) in [6.07, 6.45) is 6.86. The van der Waals surface area contributed by atoms with Gasteiger partial charge in [-0.1, -0.05) is 33.1 Å². The maximum atomic E-state index is 5.97. The molecule has 3 heteroatoms. The Hall–Kier alpha value is -0.800. The lowest BCUT2D eigenvalue weighted by molar-refractivity contribution is 0.221. The molecule has 1 aromatic rings. The maximum Gasteiger partial charge on any atom is 0.118 e. The van der Waals surface area contributed by atoms with Gasteiger partial charge in [-0.3, -0.25) is 4.90 Å². The van der Waals surface area contributed by atoms with E-state index in [-0.39, 0.29) is 0 Å². The van der Waals surface area contributed by atoms with Gasteiger partial charge in [-0.15, -0.1) is 0 Å². The van der Waals surface area contributed by atoms with Crippen molar-refractivity contribution in [1.29, 1.82) is 0 Å². The largest absolute Gasteiger partial charge is 0.465 e. The van der Waals surface area contributed by atoms with Crippen molar-refractivity contribution >= 4 is 0 Å². The van der Waals surface area contributed by atoms with Gasteiger partial charge in [0, 0.05) is 12.1 Å². The monoisotopic (exact) mass is 292 g/mol. The van der Waals surface area contributed by atoms with E-state index < -0.39 is 0 Å². The van der Waals surface area contributed by atoms with Gasteiger partial charge in [0.15, 0.2) is 0 Å². The van der Waals surface area contributed by atoms with Crippen LogP contribution >= 0.6 is 0 Å². The highest BCUT2D eigenvalue weighted by Gasteiger charge is 2.13. The summed E-state index contributed by atoms with van der Waals surface area (Å²) >= 11 is 0. The smallest absolute Gasteiger partial charge is 0.118 e. The summed E-state index contributed by atoms with van der Waals surface area (Å²) in [5.74, 6) is 2.90. The van der Waals surface area contributed by atoms with E-state index in [4.69, 9.17) is 4.42 Å². The summed E-state index contributed by atoms with van der Waals surface area (Å²) in [6, 6.07) is 2.25. The van der Waals surface area contributed by atoms with Crippen molar-refractivity contribution in [3.8, 4) is 0 Å².